The Bertz CT molecular complexity index is 1600. The molecule has 4 aromatic rings. The number of ether oxygens (including phenoxy) is 2. The lowest BCUT2D eigenvalue weighted by Crippen LogP contribution is -2.30. The van der Waals surface area contributed by atoms with Crippen LogP contribution >= 0.6 is 0 Å². The van der Waals surface area contributed by atoms with Crippen LogP contribution in [0.4, 0.5) is 13.2 Å². The first-order chi connectivity index (χ1) is 18.6. The van der Waals surface area contributed by atoms with E-state index < -0.39 is 26.8 Å². The fraction of sp³-hybridized carbons (Fsp3) is 0.148. The SMILES string of the molecule is O=C(c1ccc2c(c1)OCO2)N(Cc1cccc(OS(=O)(=O)c2cccc(C(F)(F)F)c2)c1)Cc1ccco1. The number of amides is 1. The smallest absolute Gasteiger partial charge is 0.416 e. The summed E-state index contributed by atoms with van der Waals surface area (Å²) in [4.78, 5) is 14.3. The highest BCUT2D eigenvalue weighted by atomic mass is 32.2. The monoisotopic (exact) mass is 559 g/mol. The number of nitrogens with zero attached hydrogens (tertiary/aromatic N) is 1. The van der Waals surface area contributed by atoms with E-state index in [4.69, 9.17) is 18.1 Å². The molecule has 0 aliphatic carbocycles. The van der Waals surface area contributed by atoms with Crippen molar-refractivity contribution in [2.75, 3.05) is 6.79 Å². The Balaban J connectivity index is 1.38. The van der Waals surface area contributed by atoms with Gasteiger partial charge in [-0.05, 0) is 66.2 Å². The van der Waals surface area contributed by atoms with E-state index >= 15 is 0 Å². The lowest BCUT2D eigenvalue weighted by Gasteiger charge is -2.22. The summed E-state index contributed by atoms with van der Waals surface area (Å²) in [6, 6.07) is 17.4. The largest absolute Gasteiger partial charge is 0.467 e. The summed E-state index contributed by atoms with van der Waals surface area (Å²) in [6.07, 6.45) is -3.24. The lowest BCUT2D eigenvalue weighted by atomic mass is 10.1. The molecule has 0 radical (unpaired) electrons. The van der Waals surface area contributed by atoms with Gasteiger partial charge in [-0.15, -0.1) is 0 Å². The fourth-order valence-corrected chi connectivity index (χ4v) is 4.89. The first-order valence-corrected chi connectivity index (χ1v) is 12.9. The molecule has 12 heteroatoms. The molecule has 1 aliphatic rings. The predicted molar refractivity (Wildman–Crippen MR) is 131 cm³/mol. The minimum Gasteiger partial charge on any atom is -0.467 e. The molecule has 1 aliphatic heterocycles. The van der Waals surface area contributed by atoms with Crippen LogP contribution in [0.1, 0.15) is 27.2 Å². The molecule has 1 aromatic heterocycles. The number of rotatable bonds is 8. The highest BCUT2D eigenvalue weighted by Gasteiger charge is 2.32. The average Bonchev–Trinajstić information content (AvgIpc) is 3.59. The minimum atomic E-state index is -4.71. The summed E-state index contributed by atoms with van der Waals surface area (Å²) in [5.41, 5.74) is -0.269. The molecule has 0 spiro atoms. The second-order valence-corrected chi connectivity index (χ2v) is 10.1. The van der Waals surface area contributed by atoms with Crippen LogP contribution in [0, 0.1) is 0 Å². The number of hydrogen-bond acceptors (Lipinski definition) is 7. The number of halogens is 3. The molecule has 0 saturated heterocycles. The Morgan fingerprint density at radius 1 is 0.897 bits per heavy atom. The third kappa shape index (κ3) is 6.01. The third-order valence-electron chi connectivity index (χ3n) is 5.76. The quantitative estimate of drug-likeness (QED) is 0.258. The van der Waals surface area contributed by atoms with Gasteiger partial charge in [0.05, 0.1) is 18.4 Å². The number of carbonyl (C=O) groups is 1. The average molecular weight is 560 g/mol. The summed E-state index contributed by atoms with van der Waals surface area (Å²) in [6.45, 7) is 0.196. The van der Waals surface area contributed by atoms with Crippen molar-refractivity contribution in [3.63, 3.8) is 0 Å². The van der Waals surface area contributed by atoms with Gasteiger partial charge in [0.1, 0.15) is 16.4 Å². The highest BCUT2D eigenvalue weighted by molar-refractivity contribution is 7.87. The van der Waals surface area contributed by atoms with E-state index in [1.165, 1.54) is 29.4 Å². The topological polar surface area (TPSA) is 95.3 Å². The molecule has 1 amide bonds. The van der Waals surface area contributed by atoms with Crippen LogP contribution in [0.2, 0.25) is 0 Å². The molecule has 39 heavy (non-hydrogen) atoms. The van der Waals surface area contributed by atoms with Crippen LogP contribution in [0.25, 0.3) is 0 Å². The Kier molecular flexibility index (Phi) is 6.96. The second-order valence-electron chi connectivity index (χ2n) is 8.52. The van der Waals surface area contributed by atoms with E-state index in [0.29, 0.717) is 34.5 Å². The van der Waals surface area contributed by atoms with Crippen molar-refractivity contribution in [3.8, 4) is 17.2 Å². The number of hydrogen-bond donors (Lipinski definition) is 0. The Morgan fingerprint density at radius 3 is 2.46 bits per heavy atom. The Hall–Kier alpha value is -4.45. The van der Waals surface area contributed by atoms with Gasteiger partial charge in [-0.1, -0.05) is 18.2 Å². The molecule has 8 nitrogen and oxygen atoms in total. The van der Waals surface area contributed by atoms with Crippen LogP contribution < -0.4 is 13.7 Å². The first kappa shape index (κ1) is 26.2. The van der Waals surface area contributed by atoms with E-state index in [1.807, 2.05) is 0 Å². The number of benzene rings is 3. The van der Waals surface area contributed by atoms with Gasteiger partial charge in [0.25, 0.3) is 5.91 Å². The van der Waals surface area contributed by atoms with Crippen molar-refractivity contribution in [2.24, 2.45) is 0 Å². The summed E-state index contributed by atoms with van der Waals surface area (Å²) in [7, 11) is -4.57. The van der Waals surface area contributed by atoms with Gasteiger partial charge in [0, 0.05) is 12.1 Å². The van der Waals surface area contributed by atoms with Gasteiger partial charge in [-0.2, -0.15) is 21.6 Å². The molecule has 0 unspecified atom stereocenters. The van der Waals surface area contributed by atoms with Crippen LogP contribution in [-0.4, -0.2) is 26.0 Å². The maximum atomic E-state index is 13.5. The molecular formula is C27H20F3NO7S. The Morgan fingerprint density at radius 2 is 1.69 bits per heavy atom. The van der Waals surface area contributed by atoms with Crippen molar-refractivity contribution in [1.82, 2.24) is 4.90 Å². The normalized spacial score (nSPS) is 12.8. The summed E-state index contributed by atoms with van der Waals surface area (Å²) >= 11 is 0. The zero-order valence-corrected chi connectivity index (χ0v) is 20.9. The molecule has 2 heterocycles. The maximum Gasteiger partial charge on any atom is 0.416 e. The molecule has 3 aromatic carbocycles. The molecular weight excluding hydrogens is 539 g/mol. The zero-order valence-electron chi connectivity index (χ0n) is 20.1. The number of fused-ring (bicyclic) bond motifs is 1. The van der Waals surface area contributed by atoms with E-state index in [1.54, 1.807) is 36.4 Å². The van der Waals surface area contributed by atoms with Crippen molar-refractivity contribution >= 4 is 16.0 Å². The maximum absolute atomic E-state index is 13.5. The molecule has 0 bridgehead atoms. The highest BCUT2D eigenvalue weighted by Crippen LogP contribution is 2.34. The Labute approximate surface area is 221 Å². The van der Waals surface area contributed by atoms with Crippen LogP contribution in [-0.2, 0) is 29.4 Å². The van der Waals surface area contributed by atoms with Crippen molar-refractivity contribution < 1.29 is 44.5 Å². The number of carbonyl (C=O) groups excluding carboxylic acids is 1. The molecule has 0 saturated carbocycles. The van der Waals surface area contributed by atoms with Gasteiger partial charge >= 0.3 is 16.3 Å². The van der Waals surface area contributed by atoms with Gasteiger partial charge in [0.2, 0.25) is 6.79 Å². The van der Waals surface area contributed by atoms with E-state index in [2.05, 4.69) is 0 Å². The van der Waals surface area contributed by atoms with E-state index in [9.17, 15) is 26.4 Å². The van der Waals surface area contributed by atoms with Crippen LogP contribution in [0.5, 0.6) is 17.2 Å². The minimum absolute atomic E-state index is 0.0365. The van der Waals surface area contributed by atoms with Gasteiger partial charge in [0.15, 0.2) is 11.5 Å². The van der Waals surface area contributed by atoms with Gasteiger partial charge in [-0.3, -0.25) is 4.79 Å². The number of furan rings is 1. The standard InChI is InChI=1S/C27H20F3NO7S/c28-27(29,30)20-5-2-8-23(14-20)39(33,34)38-21-6-1-4-18(12-21)15-31(16-22-7-3-11-35-22)26(32)19-9-10-24-25(13-19)37-17-36-24/h1-14H,15-17H2. The second kappa shape index (κ2) is 10.4. The van der Waals surface area contributed by atoms with Gasteiger partial charge < -0.3 is 23.0 Å². The van der Waals surface area contributed by atoms with Crippen molar-refractivity contribution in [3.05, 3.63) is 108 Å². The predicted octanol–water partition coefficient (Wildman–Crippen LogP) is 5.64. The summed E-state index contributed by atoms with van der Waals surface area (Å²) in [5, 5.41) is 0. The van der Waals surface area contributed by atoms with E-state index in [0.717, 1.165) is 18.2 Å². The summed E-state index contributed by atoms with van der Waals surface area (Å²) in [5.74, 6) is 1.000. The van der Waals surface area contributed by atoms with Crippen molar-refractivity contribution in [2.45, 2.75) is 24.2 Å². The number of alkyl halides is 3. The first-order valence-electron chi connectivity index (χ1n) is 11.5. The lowest BCUT2D eigenvalue weighted by molar-refractivity contribution is -0.137. The van der Waals surface area contributed by atoms with Crippen LogP contribution in [0.3, 0.4) is 0 Å². The molecule has 0 atom stereocenters. The molecule has 0 fully saturated rings. The van der Waals surface area contributed by atoms with Crippen molar-refractivity contribution in [1.29, 1.82) is 0 Å². The third-order valence-corrected chi connectivity index (χ3v) is 7.00. The fourth-order valence-electron chi connectivity index (χ4n) is 3.92. The molecule has 0 N–H and O–H groups in total. The van der Waals surface area contributed by atoms with Gasteiger partial charge in [-0.25, -0.2) is 0 Å². The molecule has 5 rings (SSSR count). The van der Waals surface area contributed by atoms with Crippen LogP contribution in [0.15, 0.2) is 94.4 Å². The van der Waals surface area contributed by atoms with E-state index in [-0.39, 0.29) is 31.5 Å². The zero-order chi connectivity index (χ0) is 27.6. The molecule has 202 valence electrons. The summed E-state index contributed by atoms with van der Waals surface area (Å²) < 4.78 is 85.8.